The summed E-state index contributed by atoms with van der Waals surface area (Å²) in [7, 11) is 0. The summed E-state index contributed by atoms with van der Waals surface area (Å²) in [6.07, 6.45) is 0.929. The van der Waals surface area contributed by atoms with Crippen molar-refractivity contribution in [2.45, 2.75) is 0 Å². The van der Waals surface area contributed by atoms with E-state index in [0.29, 0.717) is 0 Å². The first-order valence-corrected chi connectivity index (χ1v) is 5.17. The average molecular weight is 205 g/mol. The van der Waals surface area contributed by atoms with Gasteiger partial charge in [0.25, 0.3) is 0 Å². The Morgan fingerprint density at radius 1 is 1.00 bits per heavy atom. The Morgan fingerprint density at radius 3 is 2.69 bits per heavy atom. The quantitative estimate of drug-likeness (QED) is 0.438. The molecule has 1 radical (unpaired) electrons. The molecule has 0 saturated carbocycles. The molecule has 0 unspecified atom stereocenters. The SMILES string of the molecule is O=Cc1c2ccc[c]c2cc2ccccc12. The van der Waals surface area contributed by atoms with Crippen molar-refractivity contribution in [2.75, 3.05) is 0 Å². The lowest BCUT2D eigenvalue weighted by atomic mass is 9.98. The Balaban J connectivity index is 2.61. The molecule has 0 saturated heterocycles. The predicted molar refractivity (Wildman–Crippen MR) is 65.7 cm³/mol. The van der Waals surface area contributed by atoms with Crippen LogP contribution in [0, 0.1) is 6.07 Å². The molecule has 0 heterocycles. The van der Waals surface area contributed by atoms with Crippen LogP contribution in [-0.4, -0.2) is 6.29 Å². The molecule has 0 aliphatic rings. The lowest BCUT2D eigenvalue weighted by Gasteiger charge is -2.05. The van der Waals surface area contributed by atoms with Crippen LogP contribution in [-0.2, 0) is 0 Å². The molecule has 75 valence electrons. The summed E-state index contributed by atoms with van der Waals surface area (Å²) in [5, 5.41) is 4.05. The van der Waals surface area contributed by atoms with Gasteiger partial charge in [0, 0.05) is 5.56 Å². The molecule has 0 bridgehead atoms. The van der Waals surface area contributed by atoms with E-state index in [1.807, 2.05) is 42.5 Å². The summed E-state index contributed by atoms with van der Waals surface area (Å²) in [5.41, 5.74) is 0.755. The minimum Gasteiger partial charge on any atom is -0.298 e. The number of benzene rings is 3. The topological polar surface area (TPSA) is 17.1 Å². The number of hydrogen-bond donors (Lipinski definition) is 0. The van der Waals surface area contributed by atoms with E-state index in [-0.39, 0.29) is 0 Å². The highest BCUT2D eigenvalue weighted by Gasteiger charge is 2.05. The zero-order chi connectivity index (χ0) is 11.0. The standard InChI is InChI=1S/C15H9O/c16-10-15-13-7-3-1-5-11(13)9-12-6-2-4-8-14(12)15/h1-5,7-10H. The minimum atomic E-state index is 0.755. The van der Waals surface area contributed by atoms with E-state index in [1.54, 1.807) is 0 Å². The van der Waals surface area contributed by atoms with Crippen LogP contribution >= 0.6 is 0 Å². The summed E-state index contributed by atoms with van der Waals surface area (Å²) in [6.45, 7) is 0. The van der Waals surface area contributed by atoms with E-state index in [9.17, 15) is 4.79 Å². The Morgan fingerprint density at radius 2 is 1.81 bits per heavy atom. The van der Waals surface area contributed by atoms with Gasteiger partial charge in [-0.2, -0.15) is 0 Å². The molecule has 1 nitrogen and oxygen atoms in total. The van der Waals surface area contributed by atoms with E-state index < -0.39 is 0 Å². The van der Waals surface area contributed by atoms with Gasteiger partial charge >= 0.3 is 0 Å². The average Bonchev–Trinajstić information content (AvgIpc) is 2.36. The summed E-state index contributed by atoms with van der Waals surface area (Å²) in [6, 6.07) is 18.9. The molecule has 3 rings (SSSR count). The van der Waals surface area contributed by atoms with Gasteiger partial charge in [0.2, 0.25) is 0 Å². The Bertz CT molecular complexity index is 629. The van der Waals surface area contributed by atoms with Gasteiger partial charge in [-0.15, -0.1) is 0 Å². The van der Waals surface area contributed by atoms with Crippen LogP contribution in [0.5, 0.6) is 0 Å². The van der Waals surface area contributed by atoms with Crippen molar-refractivity contribution in [3.8, 4) is 0 Å². The van der Waals surface area contributed by atoms with Crippen molar-refractivity contribution in [3.05, 3.63) is 60.2 Å². The molecule has 0 atom stereocenters. The smallest absolute Gasteiger partial charge is 0.151 e. The third-order valence-electron chi connectivity index (χ3n) is 2.85. The number of aldehydes is 1. The third kappa shape index (κ3) is 1.22. The number of rotatable bonds is 1. The Hall–Kier alpha value is -2.15. The van der Waals surface area contributed by atoms with Crippen LogP contribution in [0.4, 0.5) is 0 Å². The van der Waals surface area contributed by atoms with Crippen molar-refractivity contribution in [1.29, 1.82) is 0 Å². The maximum absolute atomic E-state index is 11.2. The molecule has 1 heteroatoms. The highest BCUT2D eigenvalue weighted by molar-refractivity contribution is 6.12. The fourth-order valence-electron chi connectivity index (χ4n) is 2.10. The van der Waals surface area contributed by atoms with Crippen LogP contribution in [0.2, 0.25) is 0 Å². The Labute approximate surface area is 93.3 Å². The second-order valence-corrected chi connectivity index (χ2v) is 3.76. The van der Waals surface area contributed by atoms with Crippen molar-refractivity contribution >= 4 is 27.8 Å². The fourth-order valence-corrected chi connectivity index (χ4v) is 2.10. The predicted octanol–water partition coefficient (Wildman–Crippen LogP) is 3.61. The summed E-state index contributed by atoms with van der Waals surface area (Å²) in [5.74, 6) is 0. The molecular formula is C15H9O. The fraction of sp³-hybridized carbons (Fsp3) is 0. The maximum atomic E-state index is 11.2. The molecular weight excluding hydrogens is 196 g/mol. The molecule has 0 N–H and O–H groups in total. The molecule has 0 spiro atoms. The normalized spacial score (nSPS) is 10.8. The zero-order valence-corrected chi connectivity index (χ0v) is 8.60. The van der Waals surface area contributed by atoms with E-state index in [1.165, 1.54) is 0 Å². The van der Waals surface area contributed by atoms with E-state index >= 15 is 0 Å². The van der Waals surface area contributed by atoms with Gasteiger partial charge in [-0.1, -0.05) is 42.5 Å². The van der Waals surface area contributed by atoms with Gasteiger partial charge in [0.15, 0.2) is 6.29 Å². The van der Waals surface area contributed by atoms with Gasteiger partial charge < -0.3 is 0 Å². The molecule has 3 aromatic rings. The van der Waals surface area contributed by atoms with Crippen LogP contribution in [0.15, 0.2) is 48.5 Å². The first-order chi connectivity index (χ1) is 7.90. The molecule has 0 amide bonds. The maximum Gasteiger partial charge on any atom is 0.151 e. The largest absolute Gasteiger partial charge is 0.298 e. The van der Waals surface area contributed by atoms with Gasteiger partial charge in [-0.05, 0) is 33.7 Å². The van der Waals surface area contributed by atoms with Crippen molar-refractivity contribution in [2.24, 2.45) is 0 Å². The van der Waals surface area contributed by atoms with Gasteiger partial charge in [-0.25, -0.2) is 0 Å². The first kappa shape index (κ1) is 9.10. The third-order valence-corrected chi connectivity index (χ3v) is 2.85. The first-order valence-electron chi connectivity index (χ1n) is 5.17. The van der Waals surface area contributed by atoms with Crippen molar-refractivity contribution < 1.29 is 4.79 Å². The van der Waals surface area contributed by atoms with Gasteiger partial charge in [-0.3, -0.25) is 4.79 Å². The van der Waals surface area contributed by atoms with Crippen LogP contribution in [0.25, 0.3) is 21.5 Å². The molecule has 0 aromatic heterocycles. The summed E-state index contributed by atoms with van der Waals surface area (Å²) >= 11 is 0. The van der Waals surface area contributed by atoms with Crippen LogP contribution in [0.3, 0.4) is 0 Å². The second-order valence-electron chi connectivity index (χ2n) is 3.76. The zero-order valence-electron chi connectivity index (χ0n) is 8.60. The number of carbonyl (C=O) groups is 1. The number of carbonyl (C=O) groups excluding carboxylic acids is 1. The highest BCUT2D eigenvalue weighted by atomic mass is 16.1. The molecule has 0 aliphatic heterocycles. The molecule has 0 fully saturated rings. The highest BCUT2D eigenvalue weighted by Crippen LogP contribution is 2.26. The van der Waals surface area contributed by atoms with Gasteiger partial charge in [0.1, 0.15) is 0 Å². The Kier molecular flexibility index (Phi) is 1.97. The summed E-state index contributed by atoms with van der Waals surface area (Å²) in [4.78, 5) is 11.2. The van der Waals surface area contributed by atoms with Crippen molar-refractivity contribution in [3.63, 3.8) is 0 Å². The monoisotopic (exact) mass is 205 g/mol. The van der Waals surface area contributed by atoms with E-state index in [2.05, 4.69) is 12.1 Å². The molecule has 0 aliphatic carbocycles. The van der Waals surface area contributed by atoms with Crippen LogP contribution in [0.1, 0.15) is 10.4 Å². The van der Waals surface area contributed by atoms with Crippen molar-refractivity contribution in [1.82, 2.24) is 0 Å². The number of hydrogen-bond acceptors (Lipinski definition) is 1. The summed E-state index contributed by atoms with van der Waals surface area (Å²) < 4.78 is 0. The number of fused-ring (bicyclic) bond motifs is 2. The molecule has 3 aromatic carbocycles. The molecule has 16 heavy (non-hydrogen) atoms. The van der Waals surface area contributed by atoms with Gasteiger partial charge in [0.05, 0.1) is 0 Å². The van der Waals surface area contributed by atoms with E-state index in [4.69, 9.17) is 0 Å². The van der Waals surface area contributed by atoms with Crippen LogP contribution < -0.4 is 0 Å². The van der Waals surface area contributed by atoms with E-state index in [0.717, 1.165) is 33.4 Å². The minimum absolute atomic E-state index is 0.755. The lowest BCUT2D eigenvalue weighted by molar-refractivity contribution is 0.112. The lowest BCUT2D eigenvalue weighted by Crippen LogP contribution is -1.86. The second kappa shape index (κ2) is 3.46.